The molecule has 0 radical (unpaired) electrons. The molecule has 0 saturated carbocycles. The molecular weight excluding hydrogens is 284 g/mol. The molecule has 0 unspecified atom stereocenters. The van der Waals surface area contributed by atoms with E-state index in [-0.39, 0.29) is 11.8 Å². The topological polar surface area (TPSA) is 49.4 Å². The first kappa shape index (κ1) is 15.9. The summed E-state index contributed by atoms with van der Waals surface area (Å²) in [6.07, 6.45) is 4.51. The first-order valence-electron chi connectivity index (χ1n) is 7.34. The Bertz CT molecular complexity index is 488. The molecule has 21 heavy (non-hydrogen) atoms. The second-order valence-corrected chi connectivity index (χ2v) is 6.09. The molecule has 1 N–H and O–H groups in total. The molecule has 5 heteroatoms. The van der Waals surface area contributed by atoms with Crippen molar-refractivity contribution in [1.82, 2.24) is 10.2 Å². The van der Waals surface area contributed by atoms with Gasteiger partial charge in [0.1, 0.15) is 0 Å². The maximum Gasteiger partial charge on any atom is 0.251 e. The fourth-order valence-corrected chi connectivity index (χ4v) is 2.96. The van der Waals surface area contributed by atoms with Crippen molar-refractivity contribution >= 4 is 23.6 Å². The van der Waals surface area contributed by atoms with E-state index in [0.717, 1.165) is 31.7 Å². The number of rotatable bonds is 7. The van der Waals surface area contributed by atoms with Crippen LogP contribution in [-0.2, 0) is 10.5 Å². The summed E-state index contributed by atoms with van der Waals surface area (Å²) in [5, 5.41) is 2.91. The summed E-state index contributed by atoms with van der Waals surface area (Å²) in [6.45, 7) is 2.21. The number of nitrogens with one attached hydrogen (secondary N) is 1. The molecule has 1 saturated heterocycles. The van der Waals surface area contributed by atoms with Gasteiger partial charge in [0, 0.05) is 37.4 Å². The van der Waals surface area contributed by atoms with Gasteiger partial charge in [-0.1, -0.05) is 12.1 Å². The van der Waals surface area contributed by atoms with Crippen LogP contribution in [0.3, 0.4) is 0 Å². The minimum Gasteiger partial charge on any atom is -0.352 e. The number of amides is 2. The van der Waals surface area contributed by atoms with Gasteiger partial charge < -0.3 is 10.2 Å². The van der Waals surface area contributed by atoms with E-state index in [1.807, 2.05) is 29.2 Å². The third-order valence-electron chi connectivity index (χ3n) is 3.59. The first-order valence-corrected chi connectivity index (χ1v) is 8.74. The molecule has 1 fully saturated rings. The van der Waals surface area contributed by atoms with Crippen LogP contribution in [-0.4, -0.2) is 42.6 Å². The number of hydrogen-bond acceptors (Lipinski definition) is 3. The Morgan fingerprint density at radius 3 is 2.71 bits per heavy atom. The van der Waals surface area contributed by atoms with Crippen LogP contribution in [0.5, 0.6) is 0 Å². The third kappa shape index (κ3) is 4.77. The SMILES string of the molecule is CSCc1ccc(C(=O)NCCCN2CCCC2=O)cc1. The smallest absolute Gasteiger partial charge is 0.251 e. The van der Waals surface area contributed by atoms with Crippen molar-refractivity contribution in [1.29, 1.82) is 0 Å². The maximum atomic E-state index is 12.0. The zero-order valence-electron chi connectivity index (χ0n) is 12.4. The van der Waals surface area contributed by atoms with Crippen LogP contribution in [0.4, 0.5) is 0 Å². The van der Waals surface area contributed by atoms with Gasteiger partial charge in [0.05, 0.1) is 0 Å². The molecule has 1 aromatic rings. The number of benzene rings is 1. The monoisotopic (exact) mass is 306 g/mol. The Morgan fingerprint density at radius 1 is 1.33 bits per heavy atom. The molecule has 0 spiro atoms. The minimum atomic E-state index is -0.0431. The highest BCUT2D eigenvalue weighted by Gasteiger charge is 2.19. The average molecular weight is 306 g/mol. The fourth-order valence-electron chi connectivity index (χ4n) is 2.43. The molecule has 1 aromatic carbocycles. The van der Waals surface area contributed by atoms with Gasteiger partial charge in [-0.05, 0) is 36.8 Å². The van der Waals surface area contributed by atoms with Crippen molar-refractivity contribution in [3.05, 3.63) is 35.4 Å². The van der Waals surface area contributed by atoms with Crippen LogP contribution in [0.15, 0.2) is 24.3 Å². The first-order chi connectivity index (χ1) is 10.2. The van der Waals surface area contributed by atoms with E-state index < -0.39 is 0 Å². The highest BCUT2D eigenvalue weighted by Crippen LogP contribution is 2.11. The van der Waals surface area contributed by atoms with Crippen molar-refractivity contribution in [3.8, 4) is 0 Å². The largest absolute Gasteiger partial charge is 0.352 e. The van der Waals surface area contributed by atoms with E-state index in [1.54, 1.807) is 11.8 Å². The quantitative estimate of drug-likeness (QED) is 0.786. The zero-order chi connectivity index (χ0) is 15.1. The Kier molecular flexibility index (Phi) is 6.11. The van der Waals surface area contributed by atoms with Crippen LogP contribution in [0, 0.1) is 0 Å². The van der Waals surface area contributed by atoms with Gasteiger partial charge in [-0.25, -0.2) is 0 Å². The zero-order valence-corrected chi connectivity index (χ0v) is 13.2. The standard InChI is InChI=1S/C16H22N2O2S/c1-21-12-13-5-7-14(8-6-13)16(20)17-9-3-11-18-10-2-4-15(18)19/h5-8H,2-4,9-12H2,1H3,(H,17,20). The number of hydrogen-bond donors (Lipinski definition) is 1. The molecule has 114 valence electrons. The van der Waals surface area contributed by atoms with Gasteiger partial charge in [-0.3, -0.25) is 9.59 Å². The normalized spacial score (nSPS) is 14.5. The van der Waals surface area contributed by atoms with E-state index in [9.17, 15) is 9.59 Å². The Hall–Kier alpha value is -1.49. The van der Waals surface area contributed by atoms with Gasteiger partial charge in [-0.2, -0.15) is 11.8 Å². The summed E-state index contributed by atoms with van der Waals surface area (Å²) in [6, 6.07) is 7.72. The van der Waals surface area contributed by atoms with E-state index in [0.29, 0.717) is 18.5 Å². The molecule has 4 nitrogen and oxygen atoms in total. The molecule has 0 aliphatic carbocycles. The Morgan fingerprint density at radius 2 is 2.10 bits per heavy atom. The number of likely N-dealkylation sites (tertiary alicyclic amines) is 1. The van der Waals surface area contributed by atoms with E-state index >= 15 is 0 Å². The molecule has 0 atom stereocenters. The van der Waals surface area contributed by atoms with Gasteiger partial charge in [-0.15, -0.1) is 0 Å². The van der Waals surface area contributed by atoms with Crippen molar-refractivity contribution in [3.63, 3.8) is 0 Å². The van der Waals surface area contributed by atoms with Crippen LogP contribution >= 0.6 is 11.8 Å². The lowest BCUT2D eigenvalue weighted by Crippen LogP contribution is -2.30. The van der Waals surface area contributed by atoms with Crippen LogP contribution in [0.25, 0.3) is 0 Å². The lowest BCUT2D eigenvalue weighted by Gasteiger charge is -2.15. The second kappa shape index (κ2) is 8.08. The molecule has 2 amide bonds. The fraction of sp³-hybridized carbons (Fsp3) is 0.500. The summed E-state index contributed by atoms with van der Waals surface area (Å²) in [4.78, 5) is 25.3. The highest BCUT2D eigenvalue weighted by atomic mass is 32.2. The second-order valence-electron chi connectivity index (χ2n) is 5.22. The van der Waals surface area contributed by atoms with Crippen LogP contribution in [0.2, 0.25) is 0 Å². The molecule has 1 aliphatic rings. The predicted molar refractivity (Wildman–Crippen MR) is 86.4 cm³/mol. The molecule has 1 heterocycles. The van der Waals surface area contributed by atoms with Gasteiger partial charge >= 0.3 is 0 Å². The molecule has 1 aliphatic heterocycles. The number of carbonyl (C=O) groups is 2. The van der Waals surface area contributed by atoms with Crippen LogP contribution < -0.4 is 5.32 Å². The van der Waals surface area contributed by atoms with Crippen molar-refractivity contribution in [2.75, 3.05) is 25.9 Å². The summed E-state index contributed by atoms with van der Waals surface area (Å²) in [7, 11) is 0. The predicted octanol–water partition coefficient (Wildman–Crippen LogP) is 2.29. The average Bonchev–Trinajstić information content (AvgIpc) is 2.90. The van der Waals surface area contributed by atoms with E-state index in [2.05, 4.69) is 11.6 Å². The molecule has 0 bridgehead atoms. The number of nitrogens with zero attached hydrogens (tertiary/aromatic N) is 1. The summed E-state index contributed by atoms with van der Waals surface area (Å²) < 4.78 is 0. The van der Waals surface area contributed by atoms with Gasteiger partial charge in [0.15, 0.2) is 0 Å². The van der Waals surface area contributed by atoms with Gasteiger partial charge in [0.2, 0.25) is 5.91 Å². The summed E-state index contributed by atoms with van der Waals surface area (Å²) in [5.74, 6) is 1.16. The van der Waals surface area contributed by atoms with E-state index in [1.165, 1.54) is 5.56 Å². The third-order valence-corrected chi connectivity index (χ3v) is 4.21. The maximum absolute atomic E-state index is 12.0. The molecular formula is C16H22N2O2S. The summed E-state index contributed by atoms with van der Waals surface area (Å²) >= 11 is 1.77. The molecule has 2 rings (SSSR count). The van der Waals surface area contributed by atoms with Crippen molar-refractivity contribution in [2.45, 2.75) is 25.0 Å². The number of thioether (sulfide) groups is 1. The van der Waals surface area contributed by atoms with Crippen LogP contribution in [0.1, 0.15) is 35.2 Å². The Balaban J connectivity index is 1.70. The lowest BCUT2D eigenvalue weighted by molar-refractivity contribution is -0.127. The highest BCUT2D eigenvalue weighted by molar-refractivity contribution is 7.97. The minimum absolute atomic E-state index is 0.0431. The summed E-state index contributed by atoms with van der Waals surface area (Å²) in [5.41, 5.74) is 1.92. The Labute approximate surface area is 130 Å². The van der Waals surface area contributed by atoms with Crippen molar-refractivity contribution < 1.29 is 9.59 Å². The number of carbonyl (C=O) groups excluding carboxylic acids is 2. The van der Waals surface area contributed by atoms with Crippen molar-refractivity contribution in [2.24, 2.45) is 0 Å². The van der Waals surface area contributed by atoms with Gasteiger partial charge in [0.25, 0.3) is 5.91 Å². The molecule has 0 aromatic heterocycles. The van der Waals surface area contributed by atoms with E-state index in [4.69, 9.17) is 0 Å². The lowest BCUT2D eigenvalue weighted by atomic mass is 10.1.